The first-order valence-corrected chi connectivity index (χ1v) is 13.8. The first-order chi connectivity index (χ1) is 17.6. The molecule has 0 aromatic heterocycles. The molecule has 0 aliphatic carbocycles. The first-order valence-electron chi connectivity index (χ1n) is 12.7. The molecule has 1 heterocycles. The molecule has 2 amide bonds. The van der Waals surface area contributed by atoms with Crippen LogP contribution in [0.1, 0.15) is 45.2 Å². The largest absolute Gasteiger partial charge is 0.353 e. The highest BCUT2D eigenvalue weighted by Crippen LogP contribution is 2.31. The number of amides is 2. The van der Waals surface area contributed by atoms with Gasteiger partial charge in [0, 0.05) is 24.5 Å². The predicted molar refractivity (Wildman–Crippen MR) is 147 cm³/mol. The van der Waals surface area contributed by atoms with Crippen LogP contribution in [-0.4, -0.2) is 68.7 Å². The van der Waals surface area contributed by atoms with Crippen LogP contribution in [0.2, 0.25) is 0 Å². The summed E-state index contributed by atoms with van der Waals surface area (Å²) in [4.78, 5) is 26.7. The molecule has 2 aromatic carbocycles. The van der Waals surface area contributed by atoms with E-state index in [1.54, 1.807) is 0 Å². The van der Waals surface area contributed by atoms with Gasteiger partial charge in [0.25, 0.3) is 0 Å². The van der Waals surface area contributed by atoms with Gasteiger partial charge in [0.1, 0.15) is 0 Å². The maximum atomic E-state index is 12.3. The van der Waals surface area contributed by atoms with E-state index in [1.165, 1.54) is 20.6 Å². The van der Waals surface area contributed by atoms with E-state index in [0.717, 1.165) is 25.9 Å². The summed E-state index contributed by atoms with van der Waals surface area (Å²) in [7, 11) is -2.92. The van der Waals surface area contributed by atoms with Crippen LogP contribution in [0.25, 0.3) is 10.8 Å². The molecule has 3 rings (SSSR count). The highest BCUT2D eigenvalue weighted by molar-refractivity contribution is 7.69. The van der Waals surface area contributed by atoms with Gasteiger partial charge in [-0.15, -0.1) is 6.42 Å². The number of fused-ring (bicyclic) bond motifs is 1. The van der Waals surface area contributed by atoms with Crippen molar-refractivity contribution < 1.29 is 18.0 Å². The van der Waals surface area contributed by atoms with Crippen molar-refractivity contribution in [3.8, 4) is 12.3 Å². The number of carbonyl (C=O) groups excluding carboxylic acids is 2. The minimum absolute atomic E-state index is 0.172. The molecule has 9 heteroatoms. The lowest BCUT2D eigenvalue weighted by molar-refractivity contribution is -0.126. The number of piperidine rings is 1. The molecule has 0 spiro atoms. The highest BCUT2D eigenvalue weighted by atomic mass is 32.2. The summed E-state index contributed by atoms with van der Waals surface area (Å²) >= 11 is 0. The van der Waals surface area contributed by atoms with E-state index in [9.17, 15) is 18.0 Å². The number of benzene rings is 2. The molecule has 1 aliphatic heterocycles. The number of nitrogens with one attached hydrogen (secondary N) is 2. The van der Waals surface area contributed by atoms with Crippen LogP contribution in [0.3, 0.4) is 0 Å². The smallest absolute Gasteiger partial charge is 0.239 e. The van der Waals surface area contributed by atoms with Gasteiger partial charge in [-0.3, -0.25) is 14.5 Å². The van der Waals surface area contributed by atoms with Gasteiger partial charge in [-0.05, 0) is 69.0 Å². The van der Waals surface area contributed by atoms with Gasteiger partial charge in [-0.25, -0.2) is 8.42 Å². The fraction of sp³-hybridized carbons (Fsp3) is 0.500. The standard InChI is InChI=1S/C28H38N4O4S/c1-5-28(3,4)20-30-26(33)17-29-27(34)19-32(37(35)36)18-22-13-15-31(16-14-22)21(2)24-12-8-10-23-9-6-7-11-25(23)24/h1,6-12,21-22,37H,13-20H2,2-4H3,(H,29,34)(H,30,33). The van der Waals surface area contributed by atoms with Crippen LogP contribution in [0.5, 0.6) is 0 Å². The number of likely N-dealkylation sites (tertiary alicyclic amines) is 1. The maximum absolute atomic E-state index is 12.3. The number of terminal acetylenes is 1. The lowest BCUT2D eigenvalue weighted by Crippen LogP contribution is -2.45. The second-order valence-electron chi connectivity index (χ2n) is 10.4. The first kappa shape index (κ1) is 28.6. The Morgan fingerprint density at radius 2 is 1.78 bits per heavy atom. The third kappa shape index (κ3) is 8.29. The van der Waals surface area contributed by atoms with Crippen molar-refractivity contribution in [3.05, 3.63) is 48.0 Å². The van der Waals surface area contributed by atoms with E-state index < -0.39 is 22.2 Å². The Morgan fingerprint density at radius 1 is 1.11 bits per heavy atom. The Bertz CT molecular complexity index is 1200. The van der Waals surface area contributed by atoms with Crippen molar-refractivity contribution in [2.24, 2.45) is 11.3 Å². The minimum Gasteiger partial charge on any atom is -0.353 e. The summed E-state index contributed by atoms with van der Waals surface area (Å²) < 4.78 is 24.9. The second kappa shape index (κ2) is 13.0. The van der Waals surface area contributed by atoms with Gasteiger partial charge in [0.15, 0.2) is 0 Å². The zero-order valence-corrected chi connectivity index (χ0v) is 22.8. The number of hydrogen-bond donors (Lipinski definition) is 3. The predicted octanol–water partition coefficient (Wildman–Crippen LogP) is 2.33. The van der Waals surface area contributed by atoms with Crippen LogP contribution in [-0.2, 0) is 20.5 Å². The Balaban J connectivity index is 1.47. The van der Waals surface area contributed by atoms with Gasteiger partial charge in [-0.2, -0.15) is 4.31 Å². The van der Waals surface area contributed by atoms with E-state index in [0.29, 0.717) is 6.54 Å². The summed E-state index contributed by atoms with van der Waals surface area (Å²) in [5.41, 5.74) is 0.809. The molecule has 0 radical (unpaired) electrons. The van der Waals surface area contributed by atoms with Crippen LogP contribution < -0.4 is 10.6 Å². The number of carbonyl (C=O) groups is 2. The molecular formula is C28H38N4O4S. The zero-order chi connectivity index (χ0) is 27.0. The molecule has 1 fully saturated rings. The maximum Gasteiger partial charge on any atom is 0.239 e. The third-order valence-corrected chi connectivity index (χ3v) is 7.83. The number of thiol groups is 1. The fourth-order valence-corrected chi connectivity index (χ4v) is 5.26. The Morgan fingerprint density at radius 3 is 2.46 bits per heavy atom. The summed E-state index contributed by atoms with van der Waals surface area (Å²) in [6.45, 7) is 7.64. The molecule has 2 N–H and O–H groups in total. The molecule has 0 bridgehead atoms. The molecular weight excluding hydrogens is 488 g/mol. The van der Waals surface area contributed by atoms with Crippen molar-refractivity contribution in [3.63, 3.8) is 0 Å². The Kier molecular flexibility index (Phi) is 10.1. The van der Waals surface area contributed by atoms with Gasteiger partial charge in [0.2, 0.25) is 22.7 Å². The average Bonchev–Trinajstić information content (AvgIpc) is 2.90. The molecule has 8 nitrogen and oxygen atoms in total. The van der Waals surface area contributed by atoms with E-state index in [2.05, 4.69) is 64.8 Å². The van der Waals surface area contributed by atoms with E-state index in [-0.39, 0.29) is 37.5 Å². The number of rotatable bonds is 11. The van der Waals surface area contributed by atoms with Crippen LogP contribution in [0.15, 0.2) is 42.5 Å². The van der Waals surface area contributed by atoms with Gasteiger partial charge in [0.05, 0.1) is 13.1 Å². The van der Waals surface area contributed by atoms with Crippen LogP contribution in [0.4, 0.5) is 0 Å². The Hall–Kier alpha value is -2.93. The molecule has 1 unspecified atom stereocenters. The lowest BCUT2D eigenvalue weighted by atomic mass is 9.93. The molecule has 1 atom stereocenters. The number of hydrogen-bond acceptors (Lipinski definition) is 5. The topological polar surface area (TPSA) is 98.8 Å². The molecule has 1 saturated heterocycles. The van der Waals surface area contributed by atoms with E-state index in [4.69, 9.17) is 6.42 Å². The quantitative estimate of drug-likeness (QED) is 0.308. The molecule has 200 valence electrons. The average molecular weight is 527 g/mol. The van der Waals surface area contributed by atoms with Crippen molar-refractivity contribution in [1.82, 2.24) is 19.8 Å². The van der Waals surface area contributed by atoms with Crippen molar-refractivity contribution >= 4 is 33.5 Å². The van der Waals surface area contributed by atoms with E-state index >= 15 is 0 Å². The second-order valence-corrected chi connectivity index (χ2v) is 11.4. The number of nitrogens with zero attached hydrogens (tertiary/aromatic N) is 2. The van der Waals surface area contributed by atoms with Crippen LogP contribution >= 0.6 is 0 Å². The van der Waals surface area contributed by atoms with Crippen molar-refractivity contribution in [1.29, 1.82) is 0 Å². The SMILES string of the molecule is C#CC(C)(C)CNC(=O)CNC(=O)CN(CC1CCN(C(C)c2cccc3ccccc23)CC1)[SH](=O)=O. The molecule has 0 saturated carbocycles. The van der Waals surface area contributed by atoms with Gasteiger partial charge < -0.3 is 10.6 Å². The van der Waals surface area contributed by atoms with Gasteiger partial charge >= 0.3 is 0 Å². The third-order valence-electron chi connectivity index (χ3n) is 7.06. The summed E-state index contributed by atoms with van der Waals surface area (Å²) in [6, 6.07) is 15.0. The summed E-state index contributed by atoms with van der Waals surface area (Å²) in [6.07, 6.45) is 7.11. The van der Waals surface area contributed by atoms with Gasteiger partial charge in [-0.1, -0.05) is 48.4 Å². The summed E-state index contributed by atoms with van der Waals surface area (Å²) in [5, 5.41) is 7.65. The van der Waals surface area contributed by atoms with Crippen molar-refractivity contribution in [2.75, 3.05) is 39.3 Å². The Labute approximate surface area is 221 Å². The monoisotopic (exact) mass is 526 g/mol. The molecule has 2 aromatic rings. The van der Waals surface area contributed by atoms with Crippen LogP contribution in [0, 0.1) is 23.7 Å². The van der Waals surface area contributed by atoms with Crippen molar-refractivity contribution in [2.45, 2.75) is 39.7 Å². The highest BCUT2D eigenvalue weighted by Gasteiger charge is 2.27. The molecule has 37 heavy (non-hydrogen) atoms. The zero-order valence-electron chi connectivity index (χ0n) is 21.9. The molecule has 1 aliphatic rings. The normalized spacial score (nSPS) is 16.0. The minimum atomic E-state index is -2.92. The van der Waals surface area contributed by atoms with E-state index in [1.807, 2.05) is 19.9 Å². The fourth-order valence-electron chi connectivity index (χ4n) is 4.65. The lowest BCUT2D eigenvalue weighted by Gasteiger charge is -2.37. The summed E-state index contributed by atoms with van der Waals surface area (Å²) in [5.74, 6) is 1.88.